The first-order valence-electron chi connectivity index (χ1n) is 5.48. The van der Waals surface area contributed by atoms with Gasteiger partial charge in [-0.3, -0.25) is 0 Å². The van der Waals surface area contributed by atoms with E-state index in [-0.39, 0.29) is 17.2 Å². The maximum absolute atomic E-state index is 12.1. The Labute approximate surface area is 97.9 Å². The lowest BCUT2D eigenvalue weighted by molar-refractivity contribution is 0.136. The molecule has 0 aromatic carbocycles. The van der Waals surface area contributed by atoms with Crippen LogP contribution in [0.15, 0.2) is 0 Å². The van der Waals surface area contributed by atoms with Crippen LogP contribution in [0.3, 0.4) is 0 Å². The van der Waals surface area contributed by atoms with Gasteiger partial charge in [0, 0.05) is 20.1 Å². The van der Waals surface area contributed by atoms with E-state index in [2.05, 4.69) is 5.32 Å². The van der Waals surface area contributed by atoms with Gasteiger partial charge in [0.1, 0.15) is 0 Å². The Morgan fingerprint density at radius 1 is 1.38 bits per heavy atom. The lowest BCUT2D eigenvalue weighted by Gasteiger charge is -2.29. The Morgan fingerprint density at radius 3 is 2.31 bits per heavy atom. The number of rotatable bonds is 3. The van der Waals surface area contributed by atoms with Crippen LogP contribution < -0.4 is 5.32 Å². The number of nitrogens with zero attached hydrogens (tertiary/aromatic N) is 1. The van der Waals surface area contributed by atoms with Crippen molar-refractivity contribution >= 4 is 10.0 Å². The molecule has 1 saturated heterocycles. The van der Waals surface area contributed by atoms with E-state index in [1.54, 1.807) is 7.05 Å². The van der Waals surface area contributed by atoms with Crippen molar-refractivity contribution in [3.8, 4) is 0 Å². The van der Waals surface area contributed by atoms with Crippen LogP contribution in [-0.4, -0.2) is 55.9 Å². The predicted molar refractivity (Wildman–Crippen MR) is 63.7 cm³/mol. The van der Waals surface area contributed by atoms with Crippen molar-refractivity contribution < 1.29 is 13.5 Å². The second kappa shape index (κ2) is 4.60. The molecule has 5 nitrogen and oxygen atoms in total. The number of aliphatic hydroxyl groups excluding tert-OH is 1. The Hall–Kier alpha value is -0.170. The van der Waals surface area contributed by atoms with Gasteiger partial charge in [0.05, 0.1) is 17.9 Å². The van der Waals surface area contributed by atoms with Gasteiger partial charge >= 0.3 is 0 Å². The molecular formula is C10H22N2O3S. The number of hydrogen-bond donors (Lipinski definition) is 2. The molecule has 2 N–H and O–H groups in total. The molecule has 16 heavy (non-hydrogen) atoms. The van der Waals surface area contributed by atoms with Gasteiger partial charge in [-0.2, -0.15) is 4.31 Å². The van der Waals surface area contributed by atoms with Crippen LogP contribution in [0, 0.1) is 5.41 Å². The topological polar surface area (TPSA) is 69.6 Å². The molecular weight excluding hydrogens is 228 g/mol. The maximum atomic E-state index is 12.1. The summed E-state index contributed by atoms with van der Waals surface area (Å²) in [5.74, 6) is 0.0969. The minimum atomic E-state index is -3.30. The Kier molecular flexibility index (Phi) is 3.99. The quantitative estimate of drug-likeness (QED) is 0.717. The van der Waals surface area contributed by atoms with Crippen LogP contribution in [0.2, 0.25) is 0 Å². The van der Waals surface area contributed by atoms with Crippen LogP contribution >= 0.6 is 0 Å². The molecule has 0 radical (unpaired) electrons. The average molecular weight is 250 g/mol. The van der Waals surface area contributed by atoms with E-state index in [9.17, 15) is 13.5 Å². The van der Waals surface area contributed by atoms with Crippen LogP contribution in [0.4, 0.5) is 0 Å². The molecule has 6 heteroatoms. The maximum Gasteiger partial charge on any atom is 0.214 e. The van der Waals surface area contributed by atoms with Gasteiger partial charge in [-0.1, -0.05) is 20.8 Å². The number of sulfonamides is 1. The van der Waals surface area contributed by atoms with E-state index in [1.165, 1.54) is 4.31 Å². The second-order valence-corrected chi connectivity index (χ2v) is 7.65. The molecule has 0 aliphatic carbocycles. The number of nitrogens with one attached hydrogen (secondary N) is 1. The summed E-state index contributed by atoms with van der Waals surface area (Å²) in [6.45, 7) is 6.65. The first kappa shape index (κ1) is 13.9. The fraction of sp³-hybridized carbons (Fsp3) is 1.00. The number of aliphatic hydroxyl groups is 1. The molecule has 0 aromatic heterocycles. The summed E-state index contributed by atoms with van der Waals surface area (Å²) in [6, 6.07) is -0.340. The molecule has 0 unspecified atom stereocenters. The van der Waals surface area contributed by atoms with E-state index in [0.717, 1.165) is 0 Å². The average Bonchev–Trinajstić information content (AvgIpc) is 2.45. The fourth-order valence-electron chi connectivity index (χ4n) is 1.88. The second-order valence-electron chi connectivity index (χ2n) is 5.63. The van der Waals surface area contributed by atoms with E-state index in [1.807, 2.05) is 20.8 Å². The normalized spacial score (nSPS) is 27.6. The standard InChI is InChI=1S/C10H22N2O3S/c1-10(2,3)7-16(14,15)12(4)8-5-11-6-9(8)13/h8-9,11,13H,5-7H2,1-4H3/t8-,9-/m0/s1. The van der Waals surface area contributed by atoms with Gasteiger partial charge in [0.15, 0.2) is 0 Å². The summed E-state index contributed by atoms with van der Waals surface area (Å²) in [5.41, 5.74) is -0.274. The van der Waals surface area contributed by atoms with Gasteiger partial charge in [-0.25, -0.2) is 8.42 Å². The molecule has 1 rings (SSSR count). The largest absolute Gasteiger partial charge is 0.390 e. The third-order valence-corrected chi connectivity index (χ3v) is 5.05. The molecule has 0 saturated carbocycles. The summed E-state index contributed by atoms with van der Waals surface area (Å²) in [6.07, 6.45) is -0.611. The third kappa shape index (κ3) is 3.41. The summed E-state index contributed by atoms with van der Waals surface area (Å²) < 4.78 is 25.4. The zero-order valence-corrected chi connectivity index (χ0v) is 11.2. The van der Waals surface area contributed by atoms with Gasteiger partial charge in [0.25, 0.3) is 0 Å². The van der Waals surface area contributed by atoms with E-state index < -0.39 is 16.1 Å². The monoisotopic (exact) mass is 250 g/mol. The van der Waals surface area contributed by atoms with Crippen molar-refractivity contribution in [1.82, 2.24) is 9.62 Å². The highest BCUT2D eigenvalue weighted by Crippen LogP contribution is 2.20. The van der Waals surface area contributed by atoms with E-state index in [4.69, 9.17) is 0 Å². The minimum Gasteiger partial charge on any atom is -0.390 e. The third-order valence-electron chi connectivity index (χ3n) is 2.67. The highest BCUT2D eigenvalue weighted by atomic mass is 32.2. The van der Waals surface area contributed by atoms with E-state index in [0.29, 0.717) is 13.1 Å². The van der Waals surface area contributed by atoms with Crippen molar-refractivity contribution in [1.29, 1.82) is 0 Å². The van der Waals surface area contributed by atoms with Crippen LogP contribution in [0.1, 0.15) is 20.8 Å². The smallest absolute Gasteiger partial charge is 0.214 e. The van der Waals surface area contributed by atoms with Crippen molar-refractivity contribution in [2.75, 3.05) is 25.9 Å². The zero-order valence-electron chi connectivity index (χ0n) is 10.4. The number of hydrogen-bond acceptors (Lipinski definition) is 4. The SMILES string of the molecule is CN([C@H]1CNC[C@@H]1O)S(=O)(=O)CC(C)(C)C. The van der Waals surface area contributed by atoms with E-state index >= 15 is 0 Å². The van der Waals surface area contributed by atoms with Gasteiger partial charge < -0.3 is 10.4 Å². The van der Waals surface area contributed by atoms with Crippen LogP contribution in [0.25, 0.3) is 0 Å². The molecule has 96 valence electrons. The molecule has 2 atom stereocenters. The van der Waals surface area contributed by atoms with Gasteiger partial charge in [-0.05, 0) is 5.41 Å². The van der Waals surface area contributed by atoms with Crippen molar-refractivity contribution in [2.45, 2.75) is 32.9 Å². The molecule has 1 fully saturated rings. The molecule has 1 aliphatic heterocycles. The van der Waals surface area contributed by atoms with Crippen molar-refractivity contribution in [2.24, 2.45) is 5.41 Å². The summed E-state index contributed by atoms with van der Waals surface area (Å²) >= 11 is 0. The first-order chi connectivity index (χ1) is 7.13. The minimum absolute atomic E-state index is 0.0969. The molecule has 0 aromatic rings. The summed E-state index contributed by atoms with van der Waals surface area (Å²) in [5, 5.41) is 12.6. The zero-order chi connectivity index (χ0) is 12.6. The highest BCUT2D eigenvalue weighted by Gasteiger charge is 2.36. The molecule has 0 amide bonds. The van der Waals surface area contributed by atoms with Crippen LogP contribution in [-0.2, 0) is 10.0 Å². The van der Waals surface area contributed by atoms with Gasteiger partial charge in [0.2, 0.25) is 10.0 Å². The number of likely N-dealkylation sites (N-methyl/N-ethyl adjacent to an activating group) is 1. The lowest BCUT2D eigenvalue weighted by atomic mass is 10.0. The van der Waals surface area contributed by atoms with Gasteiger partial charge in [-0.15, -0.1) is 0 Å². The predicted octanol–water partition coefficient (Wildman–Crippen LogP) is -0.373. The van der Waals surface area contributed by atoms with Crippen molar-refractivity contribution in [3.63, 3.8) is 0 Å². The highest BCUT2D eigenvalue weighted by molar-refractivity contribution is 7.89. The van der Waals surface area contributed by atoms with Crippen molar-refractivity contribution in [3.05, 3.63) is 0 Å². The molecule has 0 bridgehead atoms. The Morgan fingerprint density at radius 2 is 1.94 bits per heavy atom. The Balaban J connectivity index is 2.76. The first-order valence-corrected chi connectivity index (χ1v) is 7.09. The molecule has 1 heterocycles. The fourth-order valence-corrected chi connectivity index (χ4v) is 3.80. The summed E-state index contributed by atoms with van der Waals surface area (Å²) in [4.78, 5) is 0. The molecule has 0 spiro atoms. The summed E-state index contributed by atoms with van der Waals surface area (Å²) in [7, 11) is -1.76. The molecule has 1 aliphatic rings. The Bertz CT molecular complexity index is 334. The van der Waals surface area contributed by atoms with Crippen LogP contribution in [0.5, 0.6) is 0 Å². The lowest BCUT2D eigenvalue weighted by Crippen LogP contribution is -2.46. The number of β-amino-alcohol motifs (C(OH)–C–C–N with tert-alkyl or cyclic N) is 1.